The molecule has 34 heavy (non-hydrogen) atoms. The number of ketones is 1. The third kappa shape index (κ3) is 4.30. The Kier molecular flexibility index (Phi) is 5.86. The van der Waals surface area contributed by atoms with E-state index in [0.29, 0.717) is 19.4 Å². The molecule has 3 aromatic carbocycles. The molecule has 5 heteroatoms. The molecule has 2 aliphatic rings. The largest absolute Gasteiger partial charge is 0.454 e. The van der Waals surface area contributed by atoms with Gasteiger partial charge in [0.05, 0.1) is 5.41 Å². The van der Waals surface area contributed by atoms with E-state index in [1.165, 1.54) is 5.56 Å². The smallest absolute Gasteiger partial charge is 0.231 e. The molecule has 1 fully saturated rings. The summed E-state index contributed by atoms with van der Waals surface area (Å²) >= 11 is 0. The number of nitrogens with one attached hydrogen (secondary N) is 1. The van der Waals surface area contributed by atoms with Crippen molar-refractivity contribution in [1.82, 2.24) is 5.32 Å². The van der Waals surface area contributed by atoms with Gasteiger partial charge in [0.25, 0.3) is 0 Å². The van der Waals surface area contributed by atoms with Crippen LogP contribution >= 0.6 is 0 Å². The van der Waals surface area contributed by atoms with Gasteiger partial charge in [-0.05, 0) is 65.3 Å². The van der Waals surface area contributed by atoms with E-state index in [9.17, 15) is 9.59 Å². The molecule has 0 aromatic heterocycles. The number of carbonyl (C=O) groups excluding carboxylic acids is 2. The summed E-state index contributed by atoms with van der Waals surface area (Å²) < 4.78 is 10.9. The molecule has 176 valence electrons. The lowest BCUT2D eigenvalue weighted by Gasteiger charge is -2.16. The number of carbonyl (C=O) groups is 2. The molecular formula is C29H31NO4. The first kappa shape index (κ1) is 22.2. The van der Waals surface area contributed by atoms with Crippen molar-refractivity contribution in [1.29, 1.82) is 0 Å². The van der Waals surface area contributed by atoms with Crippen molar-refractivity contribution < 1.29 is 20.5 Å². The lowest BCUT2D eigenvalue weighted by Crippen LogP contribution is -2.22. The van der Waals surface area contributed by atoms with Gasteiger partial charge in [-0.15, -0.1) is 0 Å². The van der Waals surface area contributed by atoms with Crippen LogP contribution in [0.4, 0.5) is 0 Å². The van der Waals surface area contributed by atoms with E-state index in [2.05, 4.69) is 42.6 Å². The Labute approximate surface area is 201 Å². The van der Waals surface area contributed by atoms with Crippen LogP contribution in [0.15, 0.2) is 60.7 Å². The fourth-order valence-corrected chi connectivity index (χ4v) is 4.62. The van der Waals surface area contributed by atoms with Crippen LogP contribution in [-0.4, -0.2) is 18.5 Å². The molecule has 0 unspecified atom stereocenters. The van der Waals surface area contributed by atoms with Crippen LogP contribution < -0.4 is 14.8 Å². The molecule has 5 rings (SSSR count). The maximum Gasteiger partial charge on any atom is 0.231 e. The molecule has 0 atom stereocenters. The fourth-order valence-electron chi connectivity index (χ4n) is 4.62. The van der Waals surface area contributed by atoms with Crippen molar-refractivity contribution in [3.63, 3.8) is 0 Å². The van der Waals surface area contributed by atoms with Crippen molar-refractivity contribution in [2.45, 2.75) is 51.5 Å². The highest BCUT2D eigenvalue weighted by atomic mass is 16.7. The van der Waals surface area contributed by atoms with Crippen LogP contribution in [0.1, 0.15) is 49.9 Å². The summed E-state index contributed by atoms with van der Waals surface area (Å²) in [5.74, 6) is 1.77. The zero-order valence-electron chi connectivity index (χ0n) is 19.6. The summed E-state index contributed by atoms with van der Waals surface area (Å²) in [4.78, 5) is 24.9. The Morgan fingerprint density at radius 1 is 0.941 bits per heavy atom. The Hall–Kier alpha value is -3.60. The standard InChI is InChI=1S/C29H29NO4.H2/c1-3-28(32)30-17-20-6-8-22(9-7-20)24-14-21(5-4-19(24)2)15-27(31)29(12-13-29)23-10-11-25-26(16-23)34-18-33-25;/h4-11,14,16H,3,12-13,15,17-18H2,1-2H3,(H,30,32);1H. The highest BCUT2D eigenvalue weighted by molar-refractivity contribution is 5.95. The van der Waals surface area contributed by atoms with Gasteiger partial charge in [0.2, 0.25) is 12.7 Å². The number of amides is 1. The second-order valence-corrected chi connectivity index (χ2v) is 9.23. The number of Topliss-reactive ketones (excluding diaryl/α,β-unsaturated/α-hetero) is 1. The van der Waals surface area contributed by atoms with E-state index in [-0.39, 0.29) is 19.9 Å². The molecule has 1 heterocycles. The minimum atomic E-state index is -0.406. The third-order valence-electron chi connectivity index (χ3n) is 6.95. The zero-order valence-corrected chi connectivity index (χ0v) is 19.6. The monoisotopic (exact) mass is 457 g/mol. The average molecular weight is 458 g/mol. The van der Waals surface area contributed by atoms with E-state index in [1.54, 1.807) is 0 Å². The van der Waals surface area contributed by atoms with Gasteiger partial charge in [-0.3, -0.25) is 9.59 Å². The van der Waals surface area contributed by atoms with E-state index in [0.717, 1.165) is 52.2 Å². The van der Waals surface area contributed by atoms with Crippen molar-refractivity contribution in [3.05, 3.63) is 82.9 Å². The van der Waals surface area contributed by atoms with Crippen molar-refractivity contribution >= 4 is 11.7 Å². The minimum absolute atomic E-state index is 0. The lowest BCUT2D eigenvalue weighted by atomic mass is 9.87. The molecule has 1 N–H and O–H groups in total. The summed E-state index contributed by atoms with van der Waals surface area (Å²) in [7, 11) is 0. The normalized spacial score (nSPS) is 15.1. The predicted molar refractivity (Wildman–Crippen MR) is 133 cm³/mol. The fraction of sp³-hybridized carbons (Fsp3) is 0.310. The van der Waals surface area contributed by atoms with Gasteiger partial charge in [0.1, 0.15) is 5.78 Å². The van der Waals surface area contributed by atoms with Gasteiger partial charge in [0, 0.05) is 20.8 Å². The Balaban J connectivity index is 0.00000289. The molecule has 0 saturated heterocycles. The quantitative estimate of drug-likeness (QED) is 0.485. The van der Waals surface area contributed by atoms with E-state index in [1.807, 2.05) is 37.3 Å². The van der Waals surface area contributed by atoms with Gasteiger partial charge in [-0.2, -0.15) is 0 Å². The van der Waals surface area contributed by atoms with Crippen LogP contribution in [0.3, 0.4) is 0 Å². The SMILES string of the molecule is CCC(=O)NCc1ccc(-c2cc(CC(=O)C3(c4ccc5c(c4)OCO5)CC3)ccc2C)cc1.[HH]. The Bertz CT molecular complexity index is 1250. The molecule has 1 amide bonds. The van der Waals surface area contributed by atoms with Gasteiger partial charge < -0.3 is 14.8 Å². The lowest BCUT2D eigenvalue weighted by molar-refractivity contribution is -0.121. The number of hydrogen-bond acceptors (Lipinski definition) is 4. The number of fused-ring (bicyclic) bond motifs is 1. The Morgan fingerprint density at radius 2 is 1.68 bits per heavy atom. The minimum Gasteiger partial charge on any atom is -0.454 e. The highest BCUT2D eigenvalue weighted by Gasteiger charge is 2.50. The van der Waals surface area contributed by atoms with Crippen molar-refractivity contribution in [3.8, 4) is 22.6 Å². The van der Waals surface area contributed by atoms with Gasteiger partial charge >= 0.3 is 0 Å². The van der Waals surface area contributed by atoms with Gasteiger partial charge in [0.15, 0.2) is 11.5 Å². The molecular weight excluding hydrogens is 426 g/mol. The van der Waals surface area contributed by atoms with Crippen LogP contribution in [0.5, 0.6) is 11.5 Å². The zero-order chi connectivity index (χ0) is 23.7. The van der Waals surface area contributed by atoms with E-state index >= 15 is 0 Å². The molecule has 3 aromatic rings. The van der Waals surface area contributed by atoms with Crippen molar-refractivity contribution in [2.75, 3.05) is 6.79 Å². The predicted octanol–water partition coefficient (Wildman–Crippen LogP) is 5.51. The summed E-state index contributed by atoms with van der Waals surface area (Å²) in [6.45, 7) is 4.70. The second-order valence-electron chi connectivity index (χ2n) is 9.23. The number of rotatable bonds is 8. The van der Waals surface area contributed by atoms with Gasteiger partial charge in [-0.25, -0.2) is 0 Å². The number of ether oxygens (including phenoxy) is 2. The summed E-state index contributed by atoms with van der Waals surface area (Å²) in [6.07, 6.45) is 2.64. The number of aryl methyl sites for hydroxylation is 1. The first-order valence-electron chi connectivity index (χ1n) is 11.9. The van der Waals surface area contributed by atoms with Crippen LogP contribution in [-0.2, 0) is 28.0 Å². The molecule has 0 radical (unpaired) electrons. The summed E-state index contributed by atoms with van der Waals surface area (Å²) in [5.41, 5.74) is 6.11. The molecule has 0 bridgehead atoms. The maximum absolute atomic E-state index is 13.4. The number of hydrogen-bond donors (Lipinski definition) is 1. The van der Waals surface area contributed by atoms with Crippen LogP contribution in [0, 0.1) is 6.92 Å². The van der Waals surface area contributed by atoms with Gasteiger partial charge in [-0.1, -0.05) is 55.5 Å². The molecule has 1 aliphatic heterocycles. The van der Waals surface area contributed by atoms with Crippen LogP contribution in [0.25, 0.3) is 11.1 Å². The van der Waals surface area contributed by atoms with E-state index < -0.39 is 5.41 Å². The third-order valence-corrected chi connectivity index (χ3v) is 6.95. The Morgan fingerprint density at radius 3 is 2.41 bits per heavy atom. The average Bonchev–Trinajstić information content (AvgIpc) is 3.54. The first-order chi connectivity index (χ1) is 16.5. The van der Waals surface area contributed by atoms with E-state index in [4.69, 9.17) is 9.47 Å². The summed E-state index contributed by atoms with van der Waals surface area (Å²) in [6, 6.07) is 20.4. The molecule has 0 spiro atoms. The summed E-state index contributed by atoms with van der Waals surface area (Å²) in [5, 5.41) is 2.91. The maximum atomic E-state index is 13.4. The van der Waals surface area contributed by atoms with Crippen LogP contribution in [0.2, 0.25) is 0 Å². The molecule has 1 saturated carbocycles. The molecule has 1 aliphatic carbocycles. The topological polar surface area (TPSA) is 64.6 Å². The second kappa shape index (κ2) is 8.98. The first-order valence-corrected chi connectivity index (χ1v) is 11.9. The number of benzene rings is 3. The highest BCUT2D eigenvalue weighted by Crippen LogP contribution is 2.51. The van der Waals surface area contributed by atoms with Crippen molar-refractivity contribution in [2.24, 2.45) is 0 Å². The molecule has 5 nitrogen and oxygen atoms in total.